The first kappa shape index (κ1) is 10.7. The highest BCUT2D eigenvalue weighted by Crippen LogP contribution is 2.14. The zero-order chi connectivity index (χ0) is 7.56. The van der Waals surface area contributed by atoms with Crippen molar-refractivity contribution in [2.75, 3.05) is 0 Å². The molecule has 0 amide bonds. The molecule has 0 bridgehead atoms. The molecule has 0 heterocycles. The molecule has 2 N–H and O–H groups in total. The normalized spacial score (nSPS) is 11.9. The van der Waals surface area contributed by atoms with E-state index >= 15 is 0 Å². The van der Waals surface area contributed by atoms with Gasteiger partial charge in [0.05, 0.1) is 0 Å². The fourth-order valence-electron chi connectivity index (χ4n) is 0.766. The van der Waals surface area contributed by atoms with Gasteiger partial charge >= 0.3 is 0 Å². The van der Waals surface area contributed by atoms with Gasteiger partial charge < -0.3 is 5.73 Å². The highest BCUT2D eigenvalue weighted by atomic mass is 79.9. The third-order valence-corrected chi connectivity index (χ3v) is 1.92. The molecule has 0 aliphatic rings. The van der Waals surface area contributed by atoms with Crippen LogP contribution in [-0.2, 0) is 0 Å². The van der Waals surface area contributed by atoms with Crippen LogP contribution in [0.25, 0.3) is 0 Å². The molecule has 2 heteroatoms. The van der Waals surface area contributed by atoms with E-state index in [1.165, 1.54) is 5.56 Å². The molecule has 1 atom stereocenters. The maximum absolute atomic E-state index is 5.65. The van der Waals surface area contributed by atoms with Gasteiger partial charge in [-0.3, -0.25) is 0 Å². The van der Waals surface area contributed by atoms with Crippen LogP contribution in [0.4, 0.5) is 0 Å². The minimum atomic E-state index is 0. The van der Waals surface area contributed by atoms with E-state index in [1.807, 2.05) is 31.2 Å². The molecule has 0 aliphatic heterocycles. The largest absolute Gasteiger partial charge is 0.324 e. The van der Waals surface area contributed by atoms with Crippen molar-refractivity contribution < 1.29 is 0 Å². The lowest BCUT2D eigenvalue weighted by molar-refractivity contribution is 0.818. The topological polar surface area (TPSA) is 26.0 Å². The van der Waals surface area contributed by atoms with Crippen LogP contribution in [0.2, 0.25) is 0 Å². The Hall–Kier alpha value is -0.340. The average molecular weight is 216 g/mol. The Bertz CT molecular complexity index is 203. The number of rotatable bonds is 1. The van der Waals surface area contributed by atoms with E-state index in [-0.39, 0.29) is 13.5 Å². The van der Waals surface area contributed by atoms with E-state index in [4.69, 9.17) is 5.73 Å². The second-order valence-corrected chi connectivity index (χ2v) is 3.26. The van der Waals surface area contributed by atoms with E-state index in [9.17, 15) is 0 Å². The summed E-state index contributed by atoms with van der Waals surface area (Å²) in [7, 11) is 0. The predicted octanol–water partition coefficient (Wildman–Crippen LogP) is 3.10. The molecule has 62 valence electrons. The Morgan fingerprint density at radius 1 is 1.27 bits per heavy atom. The van der Waals surface area contributed by atoms with Gasteiger partial charge in [0, 0.05) is 10.5 Å². The van der Waals surface area contributed by atoms with E-state index in [0.29, 0.717) is 0 Å². The maximum Gasteiger partial charge on any atom is 0.0266 e. The Balaban J connectivity index is 0.000001000. The van der Waals surface area contributed by atoms with Crippen LogP contribution in [0.15, 0.2) is 28.7 Å². The van der Waals surface area contributed by atoms with Gasteiger partial charge in [-0.1, -0.05) is 35.5 Å². The Labute approximate surface area is 76.7 Å². The maximum atomic E-state index is 5.65. The molecule has 1 rings (SSSR count). The predicted molar refractivity (Wildman–Crippen MR) is 53.5 cm³/mol. The second kappa shape index (κ2) is 4.52. The third-order valence-electron chi connectivity index (χ3n) is 1.40. The minimum Gasteiger partial charge on any atom is -0.324 e. The van der Waals surface area contributed by atoms with Crippen LogP contribution in [-0.4, -0.2) is 0 Å². The average Bonchev–Trinajstić information content (AvgIpc) is 1.88. The molecule has 0 aliphatic carbocycles. The van der Waals surface area contributed by atoms with Crippen molar-refractivity contribution >= 4 is 15.9 Å². The lowest BCUT2D eigenvalue weighted by Gasteiger charge is -2.03. The molecular formula is C9H14BrN. The van der Waals surface area contributed by atoms with Gasteiger partial charge in [-0.05, 0) is 24.6 Å². The molecular weight excluding hydrogens is 202 g/mol. The summed E-state index contributed by atoms with van der Waals surface area (Å²) < 4.78 is 1.09. The summed E-state index contributed by atoms with van der Waals surface area (Å²) in [5.74, 6) is 0. The summed E-state index contributed by atoms with van der Waals surface area (Å²) in [6, 6.07) is 8.18. The van der Waals surface area contributed by atoms with Crippen LogP contribution >= 0.6 is 15.9 Å². The number of benzene rings is 1. The van der Waals surface area contributed by atoms with Gasteiger partial charge in [0.1, 0.15) is 0 Å². The summed E-state index contributed by atoms with van der Waals surface area (Å²) in [6.07, 6.45) is 0. The van der Waals surface area contributed by atoms with Crippen LogP contribution in [0.3, 0.4) is 0 Å². The first-order valence-corrected chi connectivity index (χ1v) is 4.00. The third kappa shape index (κ3) is 3.04. The SMILES string of the molecule is C.C[C@@H](N)c1ccc(Br)cc1. The van der Waals surface area contributed by atoms with Crippen molar-refractivity contribution in [2.24, 2.45) is 5.73 Å². The van der Waals surface area contributed by atoms with Crippen molar-refractivity contribution in [3.8, 4) is 0 Å². The fraction of sp³-hybridized carbons (Fsp3) is 0.333. The molecule has 1 nitrogen and oxygen atoms in total. The molecule has 0 spiro atoms. The van der Waals surface area contributed by atoms with Crippen molar-refractivity contribution in [1.82, 2.24) is 0 Å². The monoisotopic (exact) mass is 215 g/mol. The Morgan fingerprint density at radius 3 is 2.09 bits per heavy atom. The van der Waals surface area contributed by atoms with Gasteiger partial charge in [-0.25, -0.2) is 0 Å². The fourth-order valence-corrected chi connectivity index (χ4v) is 1.03. The summed E-state index contributed by atoms with van der Waals surface area (Å²) in [5.41, 5.74) is 6.82. The van der Waals surface area contributed by atoms with Gasteiger partial charge in [-0.2, -0.15) is 0 Å². The van der Waals surface area contributed by atoms with Crippen LogP contribution < -0.4 is 5.73 Å². The van der Waals surface area contributed by atoms with E-state index in [0.717, 1.165) is 4.47 Å². The van der Waals surface area contributed by atoms with Crippen LogP contribution in [0.5, 0.6) is 0 Å². The number of nitrogens with two attached hydrogens (primary N) is 1. The molecule has 0 radical (unpaired) electrons. The van der Waals surface area contributed by atoms with Crippen molar-refractivity contribution in [3.05, 3.63) is 34.3 Å². The lowest BCUT2D eigenvalue weighted by Crippen LogP contribution is -2.03. The van der Waals surface area contributed by atoms with Gasteiger partial charge in [0.15, 0.2) is 0 Å². The molecule has 0 saturated carbocycles. The molecule has 1 aromatic rings. The van der Waals surface area contributed by atoms with E-state index in [2.05, 4.69) is 15.9 Å². The number of hydrogen-bond donors (Lipinski definition) is 1. The minimum absolute atomic E-state index is 0. The van der Waals surface area contributed by atoms with Crippen molar-refractivity contribution in [1.29, 1.82) is 0 Å². The summed E-state index contributed by atoms with van der Waals surface area (Å²) >= 11 is 3.35. The zero-order valence-corrected chi connectivity index (χ0v) is 7.43. The smallest absolute Gasteiger partial charge is 0.0266 e. The summed E-state index contributed by atoms with van der Waals surface area (Å²) in [5, 5.41) is 0. The van der Waals surface area contributed by atoms with E-state index in [1.54, 1.807) is 0 Å². The molecule has 0 unspecified atom stereocenters. The number of halogens is 1. The van der Waals surface area contributed by atoms with Gasteiger partial charge in [0.2, 0.25) is 0 Å². The molecule has 0 fully saturated rings. The number of hydrogen-bond acceptors (Lipinski definition) is 1. The molecule has 0 saturated heterocycles. The summed E-state index contributed by atoms with van der Waals surface area (Å²) in [4.78, 5) is 0. The van der Waals surface area contributed by atoms with E-state index < -0.39 is 0 Å². The standard InChI is InChI=1S/C8H10BrN.CH4/c1-6(10)7-2-4-8(9)5-3-7;/h2-6H,10H2,1H3;1H4/t6-;/m1./s1. The lowest BCUT2D eigenvalue weighted by atomic mass is 10.1. The zero-order valence-electron chi connectivity index (χ0n) is 5.84. The highest BCUT2D eigenvalue weighted by Gasteiger charge is 1.96. The summed E-state index contributed by atoms with van der Waals surface area (Å²) in [6.45, 7) is 1.98. The first-order chi connectivity index (χ1) is 4.70. The van der Waals surface area contributed by atoms with Crippen molar-refractivity contribution in [3.63, 3.8) is 0 Å². The van der Waals surface area contributed by atoms with Gasteiger partial charge in [-0.15, -0.1) is 0 Å². The van der Waals surface area contributed by atoms with Crippen molar-refractivity contribution in [2.45, 2.75) is 20.4 Å². The Kier molecular flexibility index (Phi) is 4.38. The molecule has 1 aromatic carbocycles. The second-order valence-electron chi connectivity index (χ2n) is 2.34. The Morgan fingerprint density at radius 2 is 1.73 bits per heavy atom. The van der Waals surface area contributed by atoms with Gasteiger partial charge in [0.25, 0.3) is 0 Å². The first-order valence-electron chi connectivity index (χ1n) is 3.21. The highest BCUT2D eigenvalue weighted by molar-refractivity contribution is 9.10. The van der Waals surface area contributed by atoms with Crippen LogP contribution in [0, 0.1) is 0 Å². The molecule has 11 heavy (non-hydrogen) atoms. The molecule has 0 aromatic heterocycles. The van der Waals surface area contributed by atoms with Crippen LogP contribution in [0.1, 0.15) is 26.0 Å². The quantitative estimate of drug-likeness (QED) is 0.766.